The second-order valence-corrected chi connectivity index (χ2v) is 6.06. The molecule has 0 atom stereocenters. The number of ether oxygens (including phenoxy) is 1. The van der Waals surface area contributed by atoms with Gasteiger partial charge in [-0.15, -0.1) is 0 Å². The van der Waals surface area contributed by atoms with Gasteiger partial charge in [-0.1, -0.05) is 0 Å². The zero-order valence-corrected chi connectivity index (χ0v) is 14.2. The predicted octanol–water partition coefficient (Wildman–Crippen LogP) is 1.76. The fraction of sp³-hybridized carbons (Fsp3) is 0.412. The van der Waals surface area contributed by atoms with Gasteiger partial charge in [-0.2, -0.15) is 4.39 Å². The first-order valence-corrected chi connectivity index (χ1v) is 8.10. The molecule has 0 bridgehead atoms. The van der Waals surface area contributed by atoms with E-state index in [1.165, 1.54) is 23.5 Å². The van der Waals surface area contributed by atoms with Crippen LogP contribution in [0.5, 0.6) is 5.88 Å². The van der Waals surface area contributed by atoms with Crippen LogP contribution < -0.4 is 9.64 Å². The third kappa shape index (κ3) is 4.01. The van der Waals surface area contributed by atoms with Crippen molar-refractivity contribution in [2.24, 2.45) is 0 Å². The van der Waals surface area contributed by atoms with Gasteiger partial charge in [0.25, 0.3) is 11.9 Å². The fourth-order valence-corrected chi connectivity index (χ4v) is 2.72. The highest BCUT2D eigenvalue weighted by atomic mass is 19.1. The summed E-state index contributed by atoms with van der Waals surface area (Å²) in [5.41, 5.74) is 0.519. The van der Waals surface area contributed by atoms with Gasteiger partial charge < -0.3 is 14.5 Å². The third-order valence-electron chi connectivity index (χ3n) is 4.05. The monoisotopic (exact) mass is 345 g/mol. The molecule has 8 heteroatoms. The number of nitrogens with zero attached hydrogens (tertiary/aromatic N) is 5. The molecule has 132 valence electrons. The standard InChI is InChI=1S/C17H20FN5O2/c1-22(2)17(24)12-3-4-14(21-11-12)25-13-5-9-23(10-6-13)16-15(18)19-7-8-20-16/h3-4,7-8,11,13H,5-6,9-10H2,1-2H3. The number of halogens is 1. The van der Waals surface area contributed by atoms with Gasteiger partial charge in [0.15, 0.2) is 5.82 Å². The first-order chi connectivity index (χ1) is 12.0. The van der Waals surface area contributed by atoms with E-state index in [1.807, 2.05) is 4.90 Å². The molecular formula is C17H20FN5O2. The van der Waals surface area contributed by atoms with Gasteiger partial charge in [-0.25, -0.2) is 15.0 Å². The summed E-state index contributed by atoms with van der Waals surface area (Å²) in [6.45, 7) is 1.27. The summed E-state index contributed by atoms with van der Waals surface area (Å²) in [6, 6.07) is 3.40. The average Bonchev–Trinajstić information content (AvgIpc) is 2.63. The summed E-state index contributed by atoms with van der Waals surface area (Å²) in [4.78, 5) is 27.1. The van der Waals surface area contributed by atoms with E-state index in [4.69, 9.17) is 4.74 Å². The van der Waals surface area contributed by atoms with Crippen molar-refractivity contribution in [3.05, 3.63) is 42.2 Å². The topological polar surface area (TPSA) is 71.5 Å². The smallest absolute Gasteiger partial charge is 0.255 e. The zero-order valence-electron chi connectivity index (χ0n) is 14.2. The highest BCUT2D eigenvalue weighted by molar-refractivity contribution is 5.93. The number of pyridine rings is 1. The highest BCUT2D eigenvalue weighted by Crippen LogP contribution is 2.22. The van der Waals surface area contributed by atoms with Gasteiger partial charge in [0, 0.05) is 64.7 Å². The molecule has 2 aromatic rings. The van der Waals surface area contributed by atoms with E-state index in [9.17, 15) is 9.18 Å². The Hall–Kier alpha value is -2.77. The largest absolute Gasteiger partial charge is 0.474 e. The van der Waals surface area contributed by atoms with E-state index in [2.05, 4.69) is 15.0 Å². The van der Waals surface area contributed by atoms with Gasteiger partial charge in [-0.3, -0.25) is 4.79 Å². The zero-order chi connectivity index (χ0) is 17.8. The van der Waals surface area contributed by atoms with Gasteiger partial charge in [0.2, 0.25) is 5.88 Å². The minimum absolute atomic E-state index is 0.00103. The maximum absolute atomic E-state index is 13.7. The van der Waals surface area contributed by atoms with Crippen LogP contribution in [-0.2, 0) is 0 Å². The van der Waals surface area contributed by atoms with Gasteiger partial charge in [-0.05, 0) is 6.07 Å². The van der Waals surface area contributed by atoms with Crippen LogP contribution in [0.15, 0.2) is 30.7 Å². The summed E-state index contributed by atoms with van der Waals surface area (Å²) in [6.07, 6.45) is 5.80. The second kappa shape index (κ2) is 7.42. The van der Waals surface area contributed by atoms with E-state index in [0.29, 0.717) is 24.5 Å². The summed E-state index contributed by atoms with van der Waals surface area (Å²) >= 11 is 0. The van der Waals surface area contributed by atoms with Crippen molar-refractivity contribution in [3.8, 4) is 5.88 Å². The van der Waals surface area contributed by atoms with Crippen molar-refractivity contribution in [1.82, 2.24) is 19.9 Å². The second-order valence-electron chi connectivity index (χ2n) is 6.06. The van der Waals surface area contributed by atoms with E-state index in [0.717, 1.165) is 12.8 Å². The number of amides is 1. The van der Waals surface area contributed by atoms with Crippen molar-refractivity contribution in [1.29, 1.82) is 0 Å². The Bertz CT molecular complexity index is 730. The quantitative estimate of drug-likeness (QED) is 0.841. The van der Waals surface area contributed by atoms with E-state index >= 15 is 0 Å². The van der Waals surface area contributed by atoms with Gasteiger partial charge in [0.1, 0.15) is 6.10 Å². The maximum atomic E-state index is 13.7. The SMILES string of the molecule is CN(C)C(=O)c1ccc(OC2CCN(c3nccnc3F)CC2)nc1. The number of hydrogen-bond acceptors (Lipinski definition) is 6. The molecule has 25 heavy (non-hydrogen) atoms. The Morgan fingerprint density at radius 3 is 2.52 bits per heavy atom. The average molecular weight is 345 g/mol. The summed E-state index contributed by atoms with van der Waals surface area (Å²) in [5.74, 6) is 0.119. The molecule has 3 rings (SSSR count). The Kier molecular flexibility index (Phi) is 5.06. The fourth-order valence-electron chi connectivity index (χ4n) is 2.72. The van der Waals surface area contributed by atoms with Gasteiger partial charge >= 0.3 is 0 Å². The van der Waals surface area contributed by atoms with E-state index in [1.54, 1.807) is 26.2 Å². The molecule has 3 heterocycles. The summed E-state index contributed by atoms with van der Waals surface area (Å²) in [7, 11) is 3.39. The lowest BCUT2D eigenvalue weighted by atomic mass is 10.1. The van der Waals surface area contributed by atoms with Crippen LogP contribution in [0.4, 0.5) is 10.2 Å². The molecule has 1 saturated heterocycles. The van der Waals surface area contributed by atoms with Crippen LogP contribution in [0, 0.1) is 5.95 Å². The van der Waals surface area contributed by atoms with Crippen LogP contribution in [0.25, 0.3) is 0 Å². The van der Waals surface area contributed by atoms with Crippen molar-refractivity contribution in [2.45, 2.75) is 18.9 Å². The molecule has 0 unspecified atom stereocenters. The van der Waals surface area contributed by atoms with E-state index in [-0.39, 0.29) is 17.8 Å². The number of anilines is 1. The third-order valence-corrected chi connectivity index (χ3v) is 4.05. The van der Waals surface area contributed by atoms with Crippen LogP contribution in [0.1, 0.15) is 23.2 Å². The Morgan fingerprint density at radius 2 is 1.92 bits per heavy atom. The van der Waals surface area contributed by atoms with Crippen LogP contribution in [-0.4, -0.2) is 59.0 Å². The lowest BCUT2D eigenvalue weighted by Crippen LogP contribution is -2.39. The van der Waals surface area contributed by atoms with Crippen LogP contribution in [0.2, 0.25) is 0 Å². The molecule has 0 aromatic carbocycles. The molecule has 0 aliphatic carbocycles. The number of rotatable bonds is 4. The molecule has 0 saturated carbocycles. The van der Waals surface area contributed by atoms with Crippen molar-refractivity contribution in [3.63, 3.8) is 0 Å². The number of carbonyl (C=O) groups is 1. The van der Waals surface area contributed by atoms with Crippen molar-refractivity contribution >= 4 is 11.7 Å². The molecule has 2 aromatic heterocycles. The van der Waals surface area contributed by atoms with Gasteiger partial charge in [0.05, 0.1) is 5.56 Å². The summed E-state index contributed by atoms with van der Waals surface area (Å²) in [5, 5.41) is 0. The predicted molar refractivity (Wildman–Crippen MR) is 90.1 cm³/mol. The molecular weight excluding hydrogens is 325 g/mol. The highest BCUT2D eigenvalue weighted by Gasteiger charge is 2.24. The Morgan fingerprint density at radius 1 is 1.20 bits per heavy atom. The number of aromatic nitrogens is 3. The summed E-state index contributed by atoms with van der Waals surface area (Å²) < 4.78 is 19.6. The molecule has 1 amide bonds. The first kappa shape index (κ1) is 17.1. The van der Waals surface area contributed by atoms with Crippen molar-refractivity contribution < 1.29 is 13.9 Å². The number of hydrogen-bond donors (Lipinski definition) is 0. The molecule has 1 aliphatic rings. The molecule has 0 radical (unpaired) electrons. The maximum Gasteiger partial charge on any atom is 0.255 e. The number of carbonyl (C=O) groups excluding carboxylic acids is 1. The number of piperidine rings is 1. The molecule has 7 nitrogen and oxygen atoms in total. The minimum Gasteiger partial charge on any atom is -0.474 e. The molecule has 0 spiro atoms. The first-order valence-electron chi connectivity index (χ1n) is 8.10. The van der Waals surface area contributed by atoms with Crippen LogP contribution in [0.3, 0.4) is 0 Å². The molecule has 1 fully saturated rings. The normalized spacial score (nSPS) is 15.1. The van der Waals surface area contributed by atoms with Crippen molar-refractivity contribution in [2.75, 3.05) is 32.1 Å². The van der Waals surface area contributed by atoms with Crippen LogP contribution >= 0.6 is 0 Å². The minimum atomic E-state index is -0.551. The Labute approximate surface area is 145 Å². The van der Waals surface area contributed by atoms with E-state index < -0.39 is 5.95 Å². The lowest BCUT2D eigenvalue weighted by Gasteiger charge is -2.32. The Balaban J connectivity index is 1.56. The molecule has 0 N–H and O–H groups in total. The lowest BCUT2D eigenvalue weighted by molar-refractivity contribution is 0.0827. The molecule has 1 aliphatic heterocycles.